The Morgan fingerprint density at radius 3 is 2.29 bits per heavy atom. The first kappa shape index (κ1) is 19.3. The van der Waals surface area contributed by atoms with E-state index in [0.29, 0.717) is 22.6 Å². The largest absolute Gasteiger partial charge is 0.573 e. The number of cyclic esters (lactones) is 1. The van der Waals surface area contributed by atoms with Gasteiger partial charge in [0.15, 0.2) is 17.2 Å². The minimum atomic E-state index is -4.77. The van der Waals surface area contributed by atoms with Crippen molar-refractivity contribution in [2.45, 2.75) is 6.36 Å². The SMILES string of the molecule is COc1ccc(C2=N/C(=C\c3ccc(OC(F)(F)F)cc3)C(=O)O2)cc1OC. The molecule has 6 nitrogen and oxygen atoms in total. The molecule has 0 aliphatic carbocycles. The normalized spacial score (nSPS) is 15.2. The summed E-state index contributed by atoms with van der Waals surface area (Å²) in [4.78, 5) is 16.2. The Bertz CT molecular complexity index is 949. The Morgan fingerprint density at radius 2 is 1.68 bits per heavy atom. The minimum absolute atomic E-state index is 0.00859. The van der Waals surface area contributed by atoms with Gasteiger partial charge >= 0.3 is 12.3 Å². The lowest BCUT2D eigenvalue weighted by Crippen LogP contribution is -2.16. The quantitative estimate of drug-likeness (QED) is 0.569. The van der Waals surface area contributed by atoms with Gasteiger partial charge in [-0.25, -0.2) is 9.79 Å². The van der Waals surface area contributed by atoms with Gasteiger partial charge in [0.2, 0.25) is 5.90 Å². The highest BCUT2D eigenvalue weighted by Gasteiger charge is 2.31. The second-order valence-electron chi connectivity index (χ2n) is 5.52. The van der Waals surface area contributed by atoms with Crippen LogP contribution in [0.1, 0.15) is 11.1 Å². The summed E-state index contributed by atoms with van der Waals surface area (Å²) in [7, 11) is 2.97. The van der Waals surface area contributed by atoms with E-state index in [1.165, 1.54) is 32.4 Å². The predicted octanol–water partition coefficient (Wildman–Crippen LogP) is 3.95. The number of hydrogen-bond acceptors (Lipinski definition) is 6. The second kappa shape index (κ2) is 7.63. The lowest BCUT2D eigenvalue weighted by atomic mass is 10.2. The molecular weight excluding hydrogens is 379 g/mol. The molecule has 0 amide bonds. The molecule has 0 saturated carbocycles. The van der Waals surface area contributed by atoms with Crippen LogP contribution in [-0.2, 0) is 9.53 Å². The van der Waals surface area contributed by atoms with Crippen molar-refractivity contribution in [2.24, 2.45) is 4.99 Å². The highest BCUT2D eigenvalue weighted by atomic mass is 19.4. The summed E-state index contributed by atoms with van der Waals surface area (Å²) in [5.74, 6) is -0.0164. The molecule has 1 aliphatic heterocycles. The van der Waals surface area contributed by atoms with E-state index in [4.69, 9.17) is 14.2 Å². The molecule has 0 aromatic heterocycles. The van der Waals surface area contributed by atoms with E-state index in [2.05, 4.69) is 9.73 Å². The molecule has 0 bridgehead atoms. The summed E-state index contributed by atoms with van der Waals surface area (Å²) < 4.78 is 55.9. The maximum absolute atomic E-state index is 12.2. The number of esters is 1. The van der Waals surface area contributed by atoms with Crippen LogP contribution in [-0.4, -0.2) is 32.4 Å². The number of nitrogens with zero attached hydrogens (tertiary/aromatic N) is 1. The molecule has 1 heterocycles. The number of ether oxygens (including phenoxy) is 4. The van der Waals surface area contributed by atoms with Crippen LogP contribution in [0.4, 0.5) is 13.2 Å². The summed E-state index contributed by atoms with van der Waals surface area (Å²) in [6, 6.07) is 9.91. The Kier molecular flexibility index (Phi) is 5.25. The smallest absolute Gasteiger partial charge is 0.493 e. The topological polar surface area (TPSA) is 66.4 Å². The van der Waals surface area contributed by atoms with Crippen molar-refractivity contribution >= 4 is 17.9 Å². The van der Waals surface area contributed by atoms with Crippen molar-refractivity contribution in [3.63, 3.8) is 0 Å². The standard InChI is InChI=1S/C19H14F3NO5/c1-25-15-8-5-12(10-16(15)26-2)17-23-14(18(24)27-17)9-11-3-6-13(7-4-11)28-19(20,21)22/h3-10H,1-2H3/b14-9-. The third kappa shape index (κ3) is 4.43. The van der Waals surface area contributed by atoms with Crippen LogP contribution in [0.25, 0.3) is 6.08 Å². The van der Waals surface area contributed by atoms with Crippen molar-refractivity contribution in [1.82, 2.24) is 0 Å². The monoisotopic (exact) mass is 393 g/mol. The maximum Gasteiger partial charge on any atom is 0.573 e. The fourth-order valence-electron chi connectivity index (χ4n) is 2.43. The summed E-state index contributed by atoms with van der Waals surface area (Å²) >= 11 is 0. The van der Waals surface area contributed by atoms with E-state index in [9.17, 15) is 18.0 Å². The summed E-state index contributed by atoms with van der Waals surface area (Å²) in [5.41, 5.74) is 0.969. The average Bonchev–Trinajstić information content (AvgIpc) is 3.02. The van der Waals surface area contributed by atoms with Crippen LogP contribution in [0.2, 0.25) is 0 Å². The molecule has 28 heavy (non-hydrogen) atoms. The van der Waals surface area contributed by atoms with E-state index >= 15 is 0 Å². The molecule has 1 aliphatic rings. The molecule has 0 radical (unpaired) electrons. The van der Waals surface area contributed by atoms with Crippen LogP contribution in [0, 0.1) is 0 Å². The molecule has 0 unspecified atom stereocenters. The van der Waals surface area contributed by atoms with Gasteiger partial charge in [-0.05, 0) is 42.0 Å². The lowest BCUT2D eigenvalue weighted by Gasteiger charge is -2.08. The summed E-state index contributed by atoms with van der Waals surface area (Å²) in [6.45, 7) is 0. The Balaban J connectivity index is 1.83. The molecule has 2 aromatic rings. The Labute approximate surface area is 157 Å². The number of hydrogen-bond donors (Lipinski definition) is 0. The van der Waals surface area contributed by atoms with Gasteiger partial charge in [0.05, 0.1) is 14.2 Å². The maximum atomic E-state index is 12.2. The zero-order valence-electron chi connectivity index (χ0n) is 14.7. The minimum Gasteiger partial charge on any atom is -0.493 e. The molecule has 0 fully saturated rings. The van der Waals surface area contributed by atoms with Crippen LogP contribution >= 0.6 is 0 Å². The first-order valence-corrected chi connectivity index (χ1v) is 7.90. The van der Waals surface area contributed by atoms with E-state index in [1.54, 1.807) is 18.2 Å². The number of halogens is 3. The van der Waals surface area contributed by atoms with Gasteiger partial charge in [-0.15, -0.1) is 13.2 Å². The zero-order chi connectivity index (χ0) is 20.3. The third-order valence-corrected chi connectivity index (χ3v) is 3.67. The summed E-state index contributed by atoms with van der Waals surface area (Å²) in [5, 5.41) is 0. The van der Waals surface area contributed by atoms with Crippen LogP contribution < -0.4 is 14.2 Å². The average molecular weight is 393 g/mol. The van der Waals surface area contributed by atoms with Crippen molar-refractivity contribution in [1.29, 1.82) is 0 Å². The fraction of sp³-hybridized carbons (Fsp3) is 0.158. The van der Waals surface area contributed by atoms with Gasteiger partial charge in [-0.2, -0.15) is 0 Å². The molecular formula is C19H14F3NO5. The van der Waals surface area contributed by atoms with Gasteiger partial charge < -0.3 is 18.9 Å². The van der Waals surface area contributed by atoms with Gasteiger partial charge in [0.25, 0.3) is 0 Å². The van der Waals surface area contributed by atoms with Gasteiger partial charge in [0, 0.05) is 5.56 Å². The van der Waals surface area contributed by atoms with Crippen LogP contribution in [0.15, 0.2) is 53.2 Å². The molecule has 146 valence electrons. The van der Waals surface area contributed by atoms with Crippen molar-refractivity contribution < 1.29 is 36.9 Å². The van der Waals surface area contributed by atoms with Gasteiger partial charge in [-0.1, -0.05) is 12.1 Å². The van der Waals surface area contributed by atoms with Crippen molar-refractivity contribution in [3.05, 3.63) is 59.3 Å². The van der Waals surface area contributed by atoms with E-state index in [0.717, 1.165) is 12.1 Å². The molecule has 0 atom stereocenters. The number of carbonyl (C=O) groups excluding carboxylic acids is 1. The molecule has 0 saturated heterocycles. The highest BCUT2D eigenvalue weighted by molar-refractivity contribution is 6.13. The number of benzene rings is 2. The Hall–Kier alpha value is -3.49. The number of aliphatic imine (C=N–C) groups is 1. The predicted molar refractivity (Wildman–Crippen MR) is 93.3 cm³/mol. The lowest BCUT2D eigenvalue weighted by molar-refractivity contribution is -0.274. The highest BCUT2D eigenvalue weighted by Crippen LogP contribution is 2.30. The van der Waals surface area contributed by atoms with Crippen LogP contribution in [0.5, 0.6) is 17.2 Å². The van der Waals surface area contributed by atoms with Crippen molar-refractivity contribution in [3.8, 4) is 17.2 Å². The van der Waals surface area contributed by atoms with E-state index < -0.39 is 12.3 Å². The number of carbonyl (C=O) groups is 1. The van der Waals surface area contributed by atoms with Crippen molar-refractivity contribution in [2.75, 3.05) is 14.2 Å². The van der Waals surface area contributed by atoms with Crippen LogP contribution in [0.3, 0.4) is 0 Å². The second-order valence-corrected chi connectivity index (χ2v) is 5.52. The number of methoxy groups -OCH3 is 2. The number of alkyl halides is 3. The van der Waals surface area contributed by atoms with E-state index in [-0.39, 0.29) is 17.3 Å². The van der Waals surface area contributed by atoms with E-state index in [1.807, 2.05) is 0 Å². The molecule has 3 rings (SSSR count). The Morgan fingerprint density at radius 1 is 1.00 bits per heavy atom. The molecule has 0 spiro atoms. The zero-order valence-corrected chi connectivity index (χ0v) is 14.7. The third-order valence-electron chi connectivity index (χ3n) is 3.67. The molecule has 0 N–H and O–H groups in total. The molecule has 9 heteroatoms. The fourth-order valence-corrected chi connectivity index (χ4v) is 2.43. The van der Waals surface area contributed by atoms with Gasteiger partial charge in [-0.3, -0.25) is 0 Å². The first-order valence-electron chi connectivity index (χ1n) is 7.90. The molecule has 2 aromatic carbocycles. The summed E-state index contributed by atoms with van der Waals surface area (Å²) in [6.07, 6.45) is -3.37. The first-order chi connectivity index (χ1) is 13.3. The van der Waals surface area contributed by atoms with Gasteiger partial charge in [0.1, 0.15) is 5.75 Å². The number of rotatable bonds is 5.